The number of piperidine rings is 1. The molecule has 2 amide bonds. The lowest BCUT2D eigenvalue weighted by atomic mass is 9.90. The molecule has 5 heteroatoms. The molecule has 2 unspecified atom stereocenters. The van der Waals surface area contributed by atoms with Crippen LogP contribution in [0, 0.1) is 5.92 Å². The van der Waals surface area contributed by atoms with Gasteiger partial charge in [-0.3, -0.25) is 9.59 Å². The molecule has 0 bridgehead atoms. The third kappa shape index (κ3) is 3.22. The molecule has 0 aromatic carbocycles. The fraction of sp³-hybridized carbons (Fsp3) is 0.846. The van der Waals surface area contributed by atoms with Crippen LogP contribution >= 0.6 is 0 Å². The molecule has 0 radical (unpaired) electrons. The highest BCUT2D eigenvalue weighted by Crippen LogP contribution is 2.20. The second kappa shape index (κ2) is 6.18. The summed E-state index contributed by atoms with van der Waals surface area (Å²) in [6, 6.07) is -0.0445. The van der Waals surface area contributed by atoms with Gasteiger partial charge in [0.2, 0.25) is 11.8 Å². The van der Waals surface area contributed by atoms with Gasteiger partial charge in [0, 0.05) is 26.1 Å². The molecule has 5 nitrogen and oxygen atoms in total. The number of nitrogens with zero attached hydrogens (tertiary/aromatic N) is 1. The average Bonchev–Trinajstić information content (AvgIpc) is 2.63. The molecule has 0 aromatic rings. The van der Waals surface area contributed by atoms with E-state index in [0.29, 0.717) is 32.0 Å². The SMILES string of the molecule is CCC1CCNC(C(=O)N2CCNC(=O)CC2)C1. The van der Waals surface area contributed by atoms with Crippen LogP contribution in [0.25, 0.3) is 0 Å². The fourth-order valence-corrected chi connectivity index (χ4v) is 2.76. The van der Waals surface area contributed by atoms with Crippen molar-refractivity contribution in [2.75, 3.05) is 26.2 Å². The summed E-state index contributed by atoms with van der Waals surface area (Å²) in [5.41, 5.74) is 0. The maximum absolute atomic E-state index is 12.4. The molecule has 0 spiro atoms. The van der Waals surface area contributed by atoms with E-state index in [1.54, 1.807) is 0 Å². The van der Waals surface area contributed by atoms with Crippen molar-refractivity contribution < 1.29 is 9.59 Å². The monoisotopic (exact) mass is 253 g/mol. The summed E-state index contributed by atoms with van der Waals surface area (Å²) in [6.07, 6.45) is 3.68. The van der Waals surface area contributed by atoms with Crippen LogP contribution in [0.1, 0.15) is 32.6 Å². The van der Waals surface area contributed by atoms with Gasteiger partial charge in [-0.05, 0) is 25.3 Å². The lowest BCUT2D eigenvalue weighted by Gasteiger charge is -2.32. The van der Waals surface area contributed by atoms with Gasteiger partial charge < -0.3 is 15.5 Å². The number of hydrogen-bond donors (Lipinski definition) is 2. The summed E-state index contributed by atoms with van der Waals surface area (Å²) in [5.74, 6) is 0.880. The Balaban J connectivity index is 1.91. The molecule has 2 saturated heterocycles. The molecule has 0 saturated carbocycles. The molecular weight excluding hydrogens is 230 g/mol. The van der Waals surface area contributed by atoms with E-state index in [9.17, 15) is 9.59 Å². The van der Waals surface area contributed by atoms with Crippen molar-refractivity contribution in [1.82, 2.24) is 15.5 Å². The molecule has 2 aliphatic heterocycles. The number of rotatable bonds is 2. The molecule has 2 aliphatic rings. The van der Waals surface area contributed by atoms with E-state index in [2.05, 4.69) is 17.6 Å². The second-order valence-corrected chi connectivity index (χ2v) is 5.23. The molecule has 2 heterocycles. The van der Waals surface area contributed by atoms with Gasteiger partial charge in [-0.2, -0.15) is 0 Å². The standard InChI is InChI=1S/C13H23N3O2/c1-2-10-3-5-14-11(9-10)13(18)16-7-4-12(17)15-6-8-16/h10-11,14H,2-9H2,1H3,(H,15,17). The largest absolute Gasteiger partial charge is 0.354 e. The minimum absolute atomic E-state index is 0.0445. The van der Waals surface area contributed by atoms with Crippen molar-refractivity contribution in [1.29, 1.82) is 0 Å². The zero-order valence-electron chi connectivity index (χ0n) is 11.1. The Morgan fingerprint density at radius 3 is 3.00 bits per heavy atom. The Morgan fingerprint density at radius 2 is 2.22 bits per heavy atom. The van der Waals surface area contributed by atoms with E-state index in [4.69, 9.17) is 0 Å². The Hall–Kier alpha value is -1.10. The van der Waals surface area contributed by atoms with Crippen LogP contribution < -0.4 is 10.6 Å². The minimum atomic E-state index is -0.0445. The van der Waals surface area contributed by atoms with Gasteiger partial charge in [-0.25, -0.2) is 0 Å². The molecule has 102 valence electrons. The molecule has 0 aliphatic carbocycles. The van der Waals surface area contributed by atoms with Gasteiger partial charge in [-0.15, -0.1) is 0 Å². The summed E-state index contributed by atoms with van der Waals surface area (Å²) in [4.78, 5) is 25.5. The zero-order chi connectivity index (χ0) is 13.0. The third-order valence-electron chi connectivity index (χ3n) is 4.01. The lowest BCUT2D eigenvalue weighted by Crippen LogP contribution is -2.51. The molecule has 2 atom stereocenters. The van der Waals surface area contributed by atoms with Gasteiger partial charge in [-0.1, -0.05) is 13.3 Å². The predicted octanol–water partition coefficient (Wildman–Crippen LogP) is 0.113. The van der Waals surface area contributed by atoms with Crippen molar-refractivity contribution in [2.24, 2.45) is 5.92 Å². The van der Waals surface area contributed by atoms with E-state index >= 15 is 0 Å². The van der Waals surface area contributed by atoms with Gasteiger partial charge >= 0.3 is 0 Å². The number of hydrogen-bond acceptors (Lipinski definition) is 3. The van der Waals surface area contributed by atoms with Gasteiger partial charge in [0.25, 0.3) is 0 Å². The third-order valence-corrected chi connectivity index (χ3v) is 4.01. The fourth-order valence-electron chi connectivity index (χ4n) is 2.76. The first kappa shape index (κ1) is 13.3. The van der Waals surface area contributed by atoms with E-state index in [1.165, 1.54) is 6.42 Å². The quantitative estimate of drug-likeness (QED) is 0.734. The molecule has 0 aromatic heterocycles. The van der Waals surface area contributed by atoms with Crippen LogP contribution in [0.3, 0.4) is 0 Å². The lowest BCUT2D eigenvalue weighted by molar-refractivity contribution is -0.134. The highest BCUT2D eigenvalue weighted by Gasteiger charge is 2.30. The first-order valence-corrected chi connectivity index (χ1v) is 6.99. The van der Waals surface area contributed by atoms with Gasteiger partial charge in [0.1, 0.15) is 0 Å². The summed E-state index contributed by atoms with van der Waals surface area (Å²) in [6.45, 7) is 4.89. The van der Waals surface area contributed by atoms with Crippen LogP contribution in [-0.4, -0.2) is 48.9 Å². The van der Waals surface area contributed by atoms with Crippen molar-refractivity contribution >= 4 is 11.8 Å². The number of carbonyl (C=O) groups excluding carboxylic acids is 2. The molecule has 2 N–H and O–H groups in total. The van der Waals surface area contributed by atoms with Crippen LogP contribution in [0.5, 0.6) is 0 Å². The summed E-state index contributed by atoms with van der Waals surface area (Å²) >= 11 is 0. The number of carbonyl (C=O) groups is 2. The van der Waals surface area contributed by atoms with Crippen molar-refractivity contribution in [3.63, 3.8) is 0 Å². The molecule has 18 heavy (non-hydrogen) atoms. The van der Waals surface area contributed by atoms with E-state index in [-0.39, 0.29) is 17.9 Å². The average molecular weight is 253 g/mol. The first-order valence-electron chi connectivity index (χ1n) is 6.99. The highest BCUT2D eigenvalue weighted by molar-refractivity contribution is 5.83. The molecule has 2 rings (SSSR count). The van der Waals surface area contributed by atoms with E-state index in [1.807, 2.05) is 4.90 Å². The Morgan fingerprint density at radius 1 is 1.39 bits per heavy atom. The molecule has 2 fully saturated rings. The van der Waals surface area contributed by atoms with E-state index < -0.39 is 0 Å². The molecular formula is C13H23N3O2. The Bertz CT molecular complexity index is 319. The van der Waals surface area contributed by atoms with Crippen LogP contribution in [0.2, 0.25) is 0 Å². The number of amides is 2. The normalized spacial score (nSPS) is 29.6. The maximum atomic E-state index is 12.4. The Kier molecular flexibility index (Phi) is 4.58. The predicted molar refractivity (Wildman–Crippen MR) is 69.0 cm³/mol. The van der Waals surface area contributed by atoms with E-state index in [0.717, 1.165) is 19.4 Å². The second-order valence-electron chi connectivity index (χ2n) is 5.23. The smallest absolute Gasteiger partial charge is 0.239 e. The Labute approximate surface area is 108 Å². The van der Waals surface area contributed by atoms with Crippen LogP contribution in [0.15, 0.2) is 0 Å². The summed E-state index contributed by atoms with van der Waals surface area (Å²) in [7, 11) is 0. The number of nitrogens with one attached hydrogen (secondary N) is 2. The van der Waals surface area contributed by atoms with Crippen LogP contribution in [0.4, 0.5) is 0 Å². The summed E-state index contributed by atoms with van der Waals surface area (Å²) in [5, 5.41) is 6.11. The topological polar surface area (TPSA) is 61.4 Å². The van der Waals surface area contributed by atoms with Crippen molar-refractivity contribution in [3.05, 3.63) is 0 Å². The first-order chi connectivity index (χ1) is 8.70. The zero-order valence-corrected chi connectivity index (χ0v) is 11.1. The van der Waals surface area contributed by atoms with Gasteiger partial charge in [0.15, 0.2) is 0 Å². The van der Waals surface area contributed by atoms with Crippen molar-refractivity contribution in [2.45, 2.75) is 38.6 Å². The van der Waals surface area contributed by atoms with Gasteiger partial charge in [0.05, 0.1) is 6.04 Å². The summed E-state index contributed by atoms with van der Waals surface area (Å²) < 4.78 is 0. The van der Waals surface area contributed by atoms with Crippen LogP contribution in [-0.2, 0) is 9.59 Å². The highest BCUT2D eigenvalue weighted by atomic mass is 16.2. The maximum Gasteiger partial charge on any atom is 0.239 e. The minimum Gasteiger partial charge on any atom is -0.354 e. The van der Waals surface area contributed by atoms with Crippen molar-refractivity contribution in [3.8, 4) is 0 Å².